The lowest BCUT2D eigenvalue weighted by molar-refractivity contribution is -0.151. The number of unbranched alkanes of at least 4 members (excludes halogenated alkanes) is 34. The van der Waals surface area contributed by atoms with Crippen molar-refractivity contribution >= 4 is 11.9 Å². The molecule has 0 saturated heterocycles. The van der Waals surface area contributed by atoms with Gasteiger partial charge in [-0.3, -0.25) is 9.59 Å². The van der Waals surface area contributed by atoms with E-state index in [0.717, 1.165) is 64.2 Å². The van der Waals surface area contributed by atoms with Crippen LogP contribution in [0.4, 0.5) is 0 Å². The average molecular weight is 874 g/mol. The first-order valence-electron chi connectivity index (χ1n) is 27.6. The topological polar surface area (TPSA) is 95.9 Å². The molecule has 3 N–H and O–H groups in total. The standard InChI is InChI=1S/C56H107NO5/c1-4-7-10-13-16-19-22-25-27-28-29-30-32-35-38-41-44-47-52(62-56(61)49-46-43-40-37-34-31-26-23-20-17-14-11-8-5-2)50-55(60)57-53(51-58)54(59)48-45-42-39-36-33-24-21-18-15-12-9-6-3/h16,19,25,27,52-54,58-59H,4-15,17-18,20-24,26,28-51H2,1-3H3,(H,57,60)/b19-16-,27-25-. The number of carbonyl (C=O) groups excluding carboxylic acids is 2. The second-order valence-electron chi connectivity index (χ2n) is 19.0. The van der Waals surface area contributed by atoms with Gasteiger partial charge in [0.1, 0.15) is 6.10 Å². The number of esters is 1. The molecule has 0 bridgehead atoms. The summed E-state index contributed by atoms with van der Waals surface area (Å²) in [7, 11) is 0. The molecule has 1 amide bonds. The molecule has 0 rings (SSSR count). The molecule has 0 saturated carbocycles. The zero-order valence-corrected chi connectivity index (χ0v) is 41.8. The highest BCUT2D eigenvalue weighted by atomic mass is 16.5. The summed E-state index contributed by atoms with van der Waals surface area (Å²) >= 11 is 0. The highest BCUT2D eigenvalue weighted by Crippen LogP contribution is 2.18. The number of aliphatic hydroxyl groups is 2. The van der Waals surface area contributed by atoms with Gasteiger partial charge in [-0.15, -0.1) is 0 Å². The van der Waals surface area contributed by atoms with Gasteiger partial charge in [-0.05, 0) is 57.8 Å². The first-order valence-corrected chi connectivity index (χ1v) is 27.6. The third-order valence-electron chi connectivity index (χ3n) is 12.8. The summed E-state index contributed by atoms with van der Waals surface area (Å²) in [6.07, 6.45) is 58.1. The van der Waals surface area contributed by atoms with E-state index < -0.39 is 18.2 Å². The zero-order valence-electron chi connectivity index (χ0n) is 41.8. The minimum atomic E-state index is -0.785. The van der Waals surface area contributed by atoms with Crippen LogP contribution in [-0.2, 0) is 14.3 Å². The van der Waals surface area contributed by atoms with Crippen LogP contribution < -0.4 is 5.32 Å². The van der Waals surface area contributed by atoms with E-state index in [1.165, 1.54) is 186 Å². The summed E-state index contributed by atoms with van der Waals surface area (Å²) in [5.74, 6) is -0.464. The van der Waals surface area contributed by atoms with Gasteiger partial charge in [-0.2, -0.15) is 0 Å². The minimum absolute atomic E-state index is 0.0778. The number of carbonyl (C=O) groups is 2. The van der Waals surface area contributed by atoms with Crippen LogP contribution in [0.3, 0.4) is 0 Å². The first kappa shape index (κ1) is 60.3. The lowest BCUT2D eigenvalue weighted by Crippen LogP contribution is -2.46. The van der Waals surface area contributed by atoms with Crippen molar-refractivity contribution in [1.82, 2.24) is 5.32 Å². The van der Waals surface area contributed by atoms with Crippen LogP contribution >= 0.6 is 0 Å². The van der Waals surface area contributed by atoms with E-state index in [1.54, 1.807) is 0 Å². The van der Waals surface area contributed by atoms with Crippen molar-refractivity contribution in [1.29, 1.82) is 0 Å². The van der Waals surface area contributed by atoms with Crippen molar-refractivity contribution in [3.8, 4) is 0 Å². The summed E-state index contributed by atoms with van der Waals surface area (Å²) < 4.78 is 5.95. The molecule has 0 aliphatic rings. The molecule has 6 heteroatoms. The summed E-state index contributed by atoms with van der Waals surface area (Å²) in [5, 5.41) is 23.8. The van der Waals surface area contributed by atoms with Crippen molar-refractivity contribution in [3.63, 3.8) is 0 Å². The van der Waals surface area contributed by atoms with Crippen molar-refractivity contribution in [2.45, 2.75) is 315 Å². The Hall–Kier alpha value is -1.66. The maximum Gasteiger partial charge on any atom is 0.306 e. The Balaban J connectivity index is 4.56. The Kier molecular flexibility index (Phi) is 49.0. The van der Waals surface area contributed by atoms with E-state index in [2.05, 4.69) is 50.4 Å². The Morgan fingerprint density at radius 2 is 0.823 bits per heavy atom. The van der Waals surface area contributed by atoms with Crippen molar-refractivity contribution in [2.75, 3.05) is 6.61 Å². The van der Waals surface area contributed by atoms with Gasteiger partial charge in [0.2, 0.25) is 5.91 Å². The van der Waals surface area contributed by atoms with Crippen LogP contribution in [0.2, 0.25) is 0 Å². The molecule has 3 atom stereocenters. The summed E-state index contributed by atoms with van der Waals surface area (Å²) in [6, 6.07) is -0.699. The molecule has 62 heavy (non-hydrogen) atoms. The highest BCUT2D eigenvalue weighted by Gasteiger charge is 2.24. The van der Waals surface area contributed by atoms with Gasteiger partial charge in [0.25, 0.3) is 0 Å². The SMILES string of the molecule is CCCCC/C=C\C/C=C\CCCCCCCCCC(CC(=O)NC(CO)C(O)CCCCCCCCCCCCCC)OC(=O)CCCCCCCCCCCCCCCC. The molecule has 0 aliphatic carbocycles. The monoisotopic (exact) mass is 874 g/mol. The van der Waals surface area contributed by atoms with E-state index >= 15 is 0 Å². The number of hydrogen-bond acceptors (Lipinski definition) is 5. The molecule has 0 aromatic carbocycles. The first-order chi connectivity index (χ1) is 30.5. The van der Waals surface area contributed by atoms with Crippen molar-refractivity contribution in [2.24, 2.45) is 0 Å². The molecular weight excluding hydrogens is 767 g/mol. The fraction of sp³-hybridized carbons (Fsp3) is 0.893. The van der Waals surface area contributed by atoms with E-state index in [0.29, 0.717) is 19.3 Å². The van der Waals surface area contributed by atoms with E-state index in [9.17, 15) is 19.8 Å². The molecule has 366 valence electrons. The minimum Gasteiger partial charge on any atom is -0.462 e. The van der Waals surface area contributed by atoms with E-state index in [4.69, 9.17) is 4.74 Å². The molecule has 0 aromatic rings. The number of amides is 1. The molecule has 0 radical (unpaired) electrons. The number of hydrogen-bond donors (Lipinski definition) is 3. The normalized spacial score (nSPS) is 13.3. The molecule has 0 fully saturated rings. The Bertz CT molecular complexity index is 981. The largest absolute Gasteiger partial charge is 0.462 e. The molecule has 6 nitrogen and oxygen atoms in total. The fourth-order valence-corrected chi connectivity index (χ4v) is 8.58. The number of allylic oxidation sites excluding steroid dienone is 4. The van der Waals surface area contributed by atoms with Gasteiger partial charge < -0.3 is 20.3 Å². The number of aliphatic hydroxyl groups excluding tert-OH is 2. The zero-order chi connectivity index (χ0) is 45.2. The molecule has 0 aliphatic heterocycles. The summed E-state index contributed by atoms with van der Waals surface area (Å²) in [6.45, 7) is 6.48. The second kappa shape index (κ2) is 50.3. The number of ether oxygens (including phenoxy) is 1. The lowest BCUT2D eigenvalue weighted by atomic mass is 10.0. The predicted octanol–water partition coefficient (Wildman–Crippen LogP) is 16.7. The molecular formula is C56H107NO5. The Morgan fingerprint density at radius 1 is 0.468 bits per heavy atom. The number of nitrogens with one attached hydrogen (secondary N) is 1. The van der Waals surface area contributed by atoms with Crippen LogP contribution in [-0.4, -0.2) is 46.9 Å². The van der Waals surface area contributed by atoms with Crippen LogP contribution in [0.5, 0.6) is 0 Å². The van der Waals surface area contributed by atoms with Crippen LogP contribution in [0.15, 0.2) is 24.3 Å². The average Bonchev–Trinajstić information content (AvgIpc) is 3.26. The Morgan fingerprint density at radius 3 is 1.26 bits per heavy atom. The lowest BCUT2D eigenvalue weighted by Gasteiger charge is -2.24. The molecule has 0 aromatic heterocycles. The molecule has 0 heterocycles. The van der Waals surface area contributed by atoms with E-state index in [-0.39, 0.29) is 24.9 Å². The second-order valence-corrected chi connectivity index (χ2v) is 19.0. The van der Waals surface area contributed by atoms with E-state index in [1.807, 2.05) is 0 Å². The van der Waals surface area contributed by atoms with Crippen molar-refractivity contribution in [3.05, 3.63) is 24.3 Å². The quantitative estimate of drug-likeness (QED) is 0.0321. The highest BCUT2D eigenvalue weighted by molar-refractivity contribution is 5.77. The maximum absolute atomic E-state index is 13.2. The van der Waals surface area contributed by atoms with Gasteiger partial charge in [0.15, 0.2) is 0 Å². The Labute approximate surface area is 386 Å². The van der Waals surface area contributed by atoms with Crippen LogP contribution in [0.1, 0.15) is 297 Å². The molecule has 0 spiro atoms. The fourth-order valence-electron chi connectivity index (χ4n) is 8.58. The van der Waals surface area contributed by atoms with Gasteiger partial charge in [0.05, 0.1) is 25.2 Å². The van der Waals surface area contributed by atoms with Crippen LogP contribution in [0.25, 0.3) is 0 Å². The summed E-state index contributed by atoms with van der Waals surface area (Å²) in [5.41, 5.74) is 0. The van der Waals surface area contributed by atoms with Crippen LogP contribution in [0, 0.1) is 0 Å². The third kappa shape index (κ3) is 44.9. The predicted molar refractivity (Wildman–Crippen MR) is 269 cm³/mol. The summed E-state index contributed by atoms with van der Waals surface area (Å²) in [4.78, 5) is 26.2. The van der Waals surface area contributed by atoms with Gasteiger partial charge >= 0.3 is 5.97 Å². The smallest absolute Gasteiger partial charge is 0.306 e. The molecule has 3 unspecified atom stereocenters. The number of rotatable bonds is 50. The third-order valence-corrected chi connectivity index (χ3v) is 12.8. The van der Waals surface area contributed by atoms with Crippen molar-refractivity contribution < 1.29 is 24.5 Å². The van der Waals surface area contributed by atoms with Gasteiger partial charge in [0, 0.05) is 6.42 Å². The van der Waals surface area contributed by atoms with Gasteiger partial charge in [-0.25, -0.2) is 0 Å². The maximum atomic E-state index is 13.2. The van der Waals surface area contributed by atoms with Gasteiger partial charge in [-0.1, -0.05) is 251 Å².